The lowest BCUT2D eigenvalue weighted by molar-refractivity contribution is -0.140. The summed E-state index contributed by atoms with van der Waals surface area (Å²) in [6, 6.07) is 7.44. The van der Waals surface area contributed by atoms with Crippen molar-refractivity contribution in [2.45, 2.75) is 32.5 Å². The van der Waals surface area contributed by atoms with Gasteiger partial charge in [0.25, 0.3) is 0 Å². The van der Waals surface area contributed by atoms with Gasteiger partial charge in [-0.25, -0.2) is 19.1 Å². The standard InChI is InChI=1S/C19H17F3N2O4/c1-18(2,3)28-17(26)24-13-8-6-5-7-10(13)11-9-12(16(25)27-4)23-15(14(11)24)19(20,21)22/h5-9H,1-4H3. The maximum Gasteiger partial charge on any atom is 0.435 e. The Kier molecular flexibility index (Phi) is 4.57. The van der Waals surface area contributed by atoms with Crippen molar-refractivity contribution in [3.05, 3.63) is 41.7 Å². The van der Waals surface area contributed by atoms with E-state index in [0.717, 1.165) is 11.7 Å². The second kappa shape index (κ2) is 6.50. The number of pyridine rings is 1. The fourth-order valence-corrected chi connectivity index (χ4v) is 2.89. The first-order chi connectivity index (χ1) is 12.9. The minimum absolute atomic E-state index is 0.0455. The Bertz CT molecular complexity index is 1090. The Balaban J connectivity index is 2.48. The van der Waals surface area contributed by atoms with Crippen molar-refractivity contribution in [1.82, 2.24) is 9.55 Å². The van der Waals surface area contributed by atoms with Crippen LogP contribution in [0.4, 0.5) is 18.0 Å². The zero-order valence-corrected chi connectivity index (χ0v) is 15.5. The molecule has 2 aromatic heterocycles. The molecule has 0 fully saturated rings. The molecule has 0 aliphatic rings. The van der Waals surface area contributed by atoms with Crippen molar-refractivity contribution in [1.29, 1.82) is 0 Å². The van der Waals surface area contributed by atoms with Gasteiger partial charge in [-0.1, -0.05) is 18.2 Å². The Hall–Kier alpha value is -3.10. The maximum atomic E-state index is 13.8. The number of hydrogen-bond acceptors (Lipinski definition) is 5. The predicted molar refractivity (Wildman–Crippen MR) is 95.2 cm³/mol. The average Bonchev–Trinajstić information content (AvgIpc) is 2.92. The number of para-hydroxylation sites is 1. The number of rotatable bonds is 1. The van der Waals surface area contributed by atoms with Crippen LogP contribution in [0.1, 0.15) is 37.0 Å². The monoisotopic (exact) mass is 394 g/mol. The number of aromatic nitrogens is 2. The highest BCUT2D eigenvalue weighted by Crippen LogP contribution is 2.39. The van der Waals surface area contributed by atoms with E-state index in [-0.39, 0.29) is 10.9 Å². The lowest BCUT2D eigenvalue weighted by Crippen LogP contribution is -2.27. The molecule has 148 valence electrons. The summed E-state index contributed by atoms with van der Waals surface area (Å²) in [5, 5.41) is 0.394. The van der Waals surface area contributed by atoms with Gasteiger partial charge in [-0.2, -0.15) is 13.2 Å². The van der Waals surface area contributed by atoms with E-state index in [0.29, 0.717) is 5.39 Å². The van der Waals surface area contributed by atoms with E-state index >= 15 is 0 Å². The first-order valence-corrected chi connectivity index (χ1v) is 8.27. The molecule has 9 heteroatoms. The minimum atomic E-state index is -4.92. The SMILES string of the molecule is COC(=O)c1cc2c3ccccc3n(C(=O)OC(C)(C)C)c2c(C(F)(F)F)n1. The lowest BCUT2D eigenvalue weighted by atomic mass is 10.1. The van der Waals surface area contributed by atoms with Crippen molar-refractivity contribution in [3.8, 4) is 0 Å². The molecular weight excluding hydrogens is 377 g/mol. The van der Waals surface area contributed by atoms with Crippen molar-refractivity contribution in [2.24, 2.45) is 0 Å². The molecule has 0 bridgehead atoms. The third-order valence-electron chi connectivity index (χ3n) is 3.89. The second-order valence-electron chi connectivity index (χ2n) is 7.07. The number of ether oxygens (including phenoxy) is 2. The molecule has 6 nitrogen and oxygen atoms in total. The summed E-state index contributed by atoms with van der Waals surface area (Å²) in [7, 11) is 1.05. The van der Waals surface area contributed by atoms with Crippen LogP contribution in [-0.2, 0) is 15.7 Å². The van der Waals surface area contributed by atoms with Crippen LogP contribution in [-0.4, -0.2) is 34.3 Å². The number of esters is 1. The maximum absolute atomic E-state index is 13.8. The Labute approximate surface area is 157 Å². The van der Waals surface area contributed by atoms with Crippen LogP contribution in [0.3, 0.4) is 0 Å². The molecular formula is C19H17F3N2O4. The summed E-state index contributed by atoms with van der Waals surface area (Å²) in [5.74, 6) is -1.01. The fraction of sp³-hybridized carbons (Fsp3) is 0.316. The predicted octanol–water partition coefficient (Wildman–Crippen LogP) is 4.78. The summed E-state index contributed by atoms with van der Waals surface area (Å²) >= 11 is 0. The average molecular weight is 394 g/mol. The number of hydrogen-bond donors (Lipinski definition) is 0. The molecule has 2 heterocycles. The number of fused-ring (bicyclic) bond motifs is 3. The molecule has 28 heavy (non-hydrogen) atoms. The molecule has 0 unspecified atom stereocenters. The molecule has 0 radical (unpaired) electrons. The summed E-state index contributed by atoms with van der Waals surface area (Å²) < 4.78 is 52.0. The van der Waals surface area contributed by atoms with Gasteiger partial charge in [0.1, 0.15) is 11.3 Å². The number of carbonyl (C=O) groups is 2. The molecule has 0 atom stereocenters. The van der Waals surface area contributed by atoms with Gasteiger partial charge in [-0.05, 0) is 32.9 Å². The smallest absolute Gasteiger partial charge is 0.435 e. The van der Waals surface area contributed by atoms with E-state index < -0.39 is 40.7 Å². The van der Waals surface area contributed by atoms with Crippen LogP contribution < -0.4 is 0 Å². The normalized spacial score (nSPS) is 12.4. The first-order valence-electron chi connectivity index (χ1n) is 8.27. The summed E-state index contributed by atoms with van der Waals surface area (Å²) in [5.41, 5.74) is -3.06. The highest BCUT2D eigenvalue weighted by molar-refractivity contribution is 6.14. The van der Waals surface area contributed by atoms with Crippen LogP contribution in [0.15, 0.2) is 30.3 Å². The van der Waals surface area contributed by atoms with Crippen LogP contribution in [0.2, 0.25) is 0 Å². The molecule has 0 saturated carbocycles. The van der Waals surface area contributed by atoms with Crippen LogP contribution >= 0.6 is 0 Å². The number of alkyl halides is 3. The van der Waals surface area contributed by atoms with Crippen LogP contribution in [0.25, 0.3) is 21.8 Å². The van der Waals surface area contributed by atoms with Crippen molar-refractivity contribution in [2.75, 3.05) is 7.11 Å². The van der Waals surface area contributed by atoms with Gasteiger partial charge in [0.15, 0.2) is 5.69 Å². The van der Waals surface area contributed by atoms with Crippen molar-refractivity contribution in [3.63, 3.8) is 0 Å². The number of halogens is 3. The quantitative estimate of drug-likeness (QED) is 0.556. The van der Waals surface area contributed by atoms with Crippen molar-refractivity contribution >= 4 is 33.9 Å². The molecule has 0 N–H and O–H groups in total. The van der Waals surface area contributed by atoms with Gasteiger partial charge in [-0.3, -0.25) is 0 Å². The third-order valence-corrected chi connectivity index (χ3v) is 3.89. The van der Waals surface area contributed by atoms with Crippen molar-refractivity contribution < 1.29 is 32.2 Å². The number of benzene rings is 1. The highest BCUT2D eigenvalue weighted by Gasteiger charge is 2.39. The zero-order chi connectivity index (χ0) is 20.9. The summed E-state index contributed by atoms with van der Waals surface area (Å²) in [4.78, 5) is 28.1. The van der Waals surface area contributed by atoms with E-state index in [9.17, 15) is 22.8 Å². The third kappa shape index (κ3) is 3.39. The van der Waals surface area contributed by atoms with Gasteiger partial charge < -0.3 is 9.47 Å². The molecule has 0 amide bonds. The molecule has 0 saturated heterocycles. The van der Waals surface area contributed by atoms with Gasteiger partial charge in [0.2, 0.25) is 0 Å². The lowest BCUT2D eigenvalue weighted by Gasteiger charge is -2.21. The first kappa shape index (κ1) is 19.7. The van der Waals surface area contributed by atoms with E-state index in [4.69, 9.17) is 4.74 Å². The minimum Gasteiger partial charge on any atom is -0.464 e. The van der Waals surface area contributed by atoms with Crippen LogP contribution in [0, 0.1) is 0 Å². The summed E-state index contributed by atoms with van der Waals surface area (Å²) in [6.07, 6.45) is -5.90. The fourth-order valence-electron chi connectivity index (χ4n) is 2.89. The second-order valence-corrected chi connectivity index (χ2v) is 7.07. The molecule has 3 aromatic rings. The van der Waals surface area contributed by atoms with E-state index in [1.54, 1.807) is 39.0 Å². The van der Waals surface area contributed by atoms with Gasteiger partial charge in [0, 0.05) is 10.8 Å². The van der Waals surface area contributed by atoms with E-state index in [1.807, 2.05) is 0 Å². The van der Waals surface area contributed by atoms with Gasteiger partial charge in [0.05, 0.1) is 18.1 Å². The molecule has 3 rings (SSSR count). The molecule has 0 aliphatic carbocycles. The Morgan fingerprint density at radius 1 is 1.07 bits per heavy atom. The van der Waals surface area contributed by atoms with Gasteiger partial charge >= 0.3 is 18.2 Å². The van der Waals surface area contributed by atoms with Gasteiger partial charge in [-0.15, -0.1) is 0 Å². The number of carbonyl (C=O) groups excluding carboxylic acids is 2. The topological polar surface area (TPSA) is 70.4 Å². The number of nitrogens with zero attached hydrogens (tertiary/aromatic N) is 2. The summed E-state index contributed by atoms with van der Waals surface area (Å²) in [6.45, 7) is 4.82. The molecule has 0 aliphatic heterocycles. The molecule has 1 aromatic carbocycles. The van der Waals surface area contributed by atoms with Crippen LogP contribution in [0.5, 0.6) is 0 Å². The highest BCUT2D eigenvalue weighted by atomic mass is 19.4. The Morgan fingerprint density at radius 3 is 2.29 bits per heavy atom. The zero-order valence-electron chi connectivity index (χ0n) is 15.5. The van der Waals surface area contributed by atoms with E-state index in [1.165, 1.54) is 12.1 Å². The van der Waals surface area contributed by atoms with E-state index in [2.05, 4.69) is 9.72 Å². The molecule has 0 spiro atoms. The largest absolute Gasteiger partial charge is 0.464 e. The Morgan fingerprint density at radius 2 is 1.71 bits per heavy atom. The number of methoxy groups -OCH3 is 1.